The number of benzene rings is 1. The Labute approximate surface area is 138 Å². The highest BCUT2D eigenvalue weighted by Crippen LogP contribution is 2.18. The van der Waals surface area contributed by atoms with Crippen LogP contribution in [0.3, 0.4) is 0 Å². The van der Waals surface area contributed by atoms with Crippen molar-refractivity contribution in [2.45, 2.75) is 13.3 Å². The Morgan fingerprint density at radius 2 is 2.17 bits per heavy atom. The summed E-state index contributed by atoms with van der Waals surface area (Å²) in [7, 11) is 1.34. The molecule has 0 aliphatic carbocycles. The molecule has 0 aliphatic heterocycles. The van der Waals surface area contributed by atoms with Crippen LogP contribution in [0.25, 0.3) is 5.69 Å². The van der Waals surface area contributed by atoms with E-state index >= 15 is 0 Å². The number of methoxy groups -OCH3 is 1. The van der Waals surface area contributed by atoms with Crippen molar-refractivity contribution in [3.05, 3.63) is 42.5 Å². The van der Waals surface area contributed by atoms with E-state index in [1.807, 2.05) is 0 Å². The summed E-state index contributed by atoms with van der Waals surface area (Å²) in [4.78, 5) is 23.6. The van der Waals surface area contributed by atoms with Gasteiger partial charge >= 0.3 is 0 Å². The van der Waals surface area contributed by atoms with Crippen LogP contribution < -0.4 is 5.43 Å². The maximum atomic E-state index is 14.2. The van der Waals surface area contributed by atoms with Crippen molar-refractivity contribution in [2.75, 3.05) is 19.1 Å². The number of Topliss-reactive ketones (excluding diaryl/α,β-unsaturated/α-hetero) is 2. The van der Waals surface area contributed by atoms with Gasteiger partial charge in [0.25, 0.3) is 0 Å². The second-order valence-corrected chi connectivity index (χ2v) is 4.82. The van der Waals surface area contributed by atoms with Gasteiger partial charge in [-0.3, -0.25) is 15.0 Å². The Bertz CT molecular complexity index is 757. The number of nitrogens with one attached hydrogen (secondary N) is 1. The predicted molar refractivity (Wildman–Crippen MR) is 86.8 cm³/mol. The fourth-order valence-electron chi connectivity index (χ4n) is 1.92. The summed E-state index contributed by atoms with van der Waals surface area (Å²) < 4.78 is 20.4. The summed E-state index contributed by atoms with van der Waals surface area (Å²) in [5, 5.41) is 7.77. The van der Waals surface area contributed by atoms with Crippen molar-refractivity contribution in [1.29, 1.82) is 0 Å². The summed E-state index contributed by atoms with van der Waals surface area (Å²) in [6.07, 6.45) is 3.37. The highest BCUT2D eigenvalue weighted by molar-refractivity contribution is 6.66. The summed E-state index contributed by atoms with van der Waals surface area (Å²) in [5.74, 6) is -1.60. The molecule has 1 heterocycles. The highest BCUT2D eigenvalue weighted by atomic mass is 19.1. The van der Waals surface area contributed by atoms with Crippen LogP contribution in [0.4, 0.5) is 10.1 Å². The predicted octanol–water partition coefficient (Wildman–Crippen LogP) is 1.97. The van der Waals surface area contributed by atoms with E-state index in [2.05, 4.69) is 15.6 Å². The fourth-order valence-corrected chi connectivity index (χ4v) is 1.92. The molecule has 0 saturated heterocycles. The maximum absolute atomic E-state index is 14.2. The molecule has 7 nitrogen and oxygen atoms in total. The molecule has 0 unspecified atom stereocenters. The highest BCUT2D eigenvalue weighted by Gasteiger charge is 2.19. The summed E-state index contributed by atoms with van der Waals surface area (Å²) in [5.41, 5.74) is 2.70. The molecule has 0 fully saturated rings. The lowest BCUT2D eigenvalue weighted by Gasteiger charge is -2.07. The molecule has 2 rings (SSSR count). The van der Waals surface area contributed by atoms with Crippen LogP contribution in [0.1, 0.15) is 13.3 Å². The molecule has 126 valence electrons. The normalized spacial score (nSPS) is 11.4. The summed E-state index contributed by atoms with van der Waals surface area (Å²) in [6.45, 7) is 1.34. The third kappa shape index (κ3) is 4.11. The molecule has 0 atom stereocenters. The quantitative estimate of drug-likeness (QED) is 0.454. The van der Waals surface area contributed by atoms with Gasteiger partial charge in [-0.1, -0.05) is 6.92 Å². The average molecular weight is 332 g/mol. The third-order valence-electron chi connectivity index (χ3n) is 3.13. The Kier molecular flexibility index (Phi) is 5.91. The first-order valence-corrected chi connectivity index (χ1v) is 7.25. The van der Waals surface area contributed by atoms with Gasteiger partial charge in [0.1, 0.15) is 12.4 Å². The molecule has 0 radical (unpaired) electrons. The topological polar surface area (TPSA) is 85.6 Å². The minimum Gasteiger partial charge on any atom is -0.376 e. The van der Waals surface area contributed by atoms with E-state index < -0.39 is 17.4 Å². The van der Waals surface area contributed by atoms with E-state index in [0.717, 1.165) is 0 Å². The lowest BCUT2D eigenvalue weighted by molar-refractivity contribution is -0.118. The largest absolute Gasteiger partial charge is 0.376 e. The van der Waals surface area contributed by atoms with Crippen LogP contribution in [0.2, 0.25) is 0 Å². The van der Waals surface area contributed by atoms with E-state index in [4.69, 9.17) is 4.74 Å². The SMILES string of the molecule is CCC(=O)/C(=N/Nc1ccc(-n2cccn2)cc1F)C(=O)COC. The second-order valence-electron chi connectivity index (χ2n) is 4.82. The van der Waals surface area contributed by atoms with Crippen molar-refractivity contribution < 1.29 is 18.7 Å². The van der Waals surface area contributed by atoms with E-state index in [0.29, 0.717) is 5.69 Å². The van der Waals surface area contributed by atoms with Crippen LogP contribution in [0.15, 0.2) is 41.8 Å². The van der Waals surface area contributed by atoms with E-state index in [-0.39, 0.29) is 24.4 Å². The molecule has 0 aliphatic rings. The van der Waals surface area contributed by atoms with Crippen molar-refractivity contribution in [2.24, 2.45) is 5.10 Å². The Balaban J connectivity index is 2.22. The van der Waals surface area contributed by atoms with Crippen molar-refractivity contribution in [3.8, 4) is 5.69 Å². The molecule has 0 spiro atoms. The zero-order valence-corrected chi connectivity index (χ0v) is 13.3. The lowest BCUT2D eigenvalue weighted by Crippen LogP contribution is -2.28. The van der Waals surface area contributed by atoms with Crippen LogP contribution in [-0.4, -0.2) is 40.8 Å². The Hall–Kier alpha value is -2.87. The number of nitrogens with zero attached hydrogens (tertiary/aromatic N) is 3. The van der Waals surface area contributed by atoms with Crippen molar-refractivity contribution in [1.82, 2.24) is 9.78 Å². The van der Waals surface area contributed by atoms with Gasteiger partial charge in [-0.2, -0.15) is 10.2 Å². The fraction of sp³-hybridized carbons (Fsp3) is 0.250. The number of ether oxygens (including phenoxy) is 1. The molecule has 0 amide bonds. The van der Waals surface area contributed by atoms with Gasteiger partial charge in [-0.05, 0) is 18.2 Å². The average Bonchev–Trinajstić information content (AvgIpc) is 3.10. The smallest absolute Gasteiger partial charge is 0.212 e. The third-order valence-corrected chi connectivity index (χ3v) is 3.13. The summed E-state index contributed by atoms with van der Waals surface area (Å²) in [6, 6.07) is 6.07. The zero-order valence-electron chi connectivity index (χ0n) is 13.3. The number of aromatic nitrogens is 2. The maximum Gasteiger partial charge on any atom is 0.212 e. The molecular formula is C16H17FN4O3. The summed E-state index contributed by atoms with van der Waals surface area (Å²) >= 11 is 0. The molecule has 0 bridgehead atoms. The van der Waals surface area contributed by atoms with E-state index in [1.165, 1.54) is 23.9 Å². The Morgan fingerprint density at radius 3 is 2.75 bits per heavy atom. The second kappa shape index (κ2) is 8.11. The van der Waals surface area contributed by atoms with Crippen LogP contribution >= 0.6 is 0 Å². The molecule has 0 saturated carbocycles. The van der Waals surface area contributed by atoms with Gasteiger partial charge in [-0.15, -0.1) is 0 Å². The van der Waals surface area contributed by atoms with Crippen LogP contribution in [0, 0.1) is 5.82 Å². The van der Waals surface area contributed by atoms with Crippen LogP contribution in [-0.2, 0) is 14.3 Å². The standard InChI is InChI=1S/C16H17FN4O3/c1-3-14(22)16(15(23)10-24-2)20-19-13-6-5-11(9-12(13)17)21-8-4-7-18-21/h4-9,19H,3,10H2,1-2H3/b20-16-. The number of ketones is 2. The van der Waals surface area contributed by atoms with E-state index in [1.54, 1.807) is 31.5 Å². The van der Waals surface area contributed by atoms with Gasteiger partial charge in [0.2, 0.25) is 5.78 Å². The molecular weight excluding hydrogens is 315 g/mol. The van der Waals surface area contributed by atoms with Gasteiger partial charge < -0.3 is 4.74 Å². The van der Waals surface area contributed by atoms with Crippen molar-refractivity contribution >= 4 is 23.0 Å². The van der Waals surface area contributed by atoms with Gasteiger partial charge in [0, 0.05) is 32.0 Å². The van der Waals surface area contributed by atoms with Gasteiger partial charge in [0.15, 0.2) is 11.5 Å². The monoisotopic (exact) mass is 332 g/mol. The van der Waals surface area contributed by atoms with Gasteiger partial charge in [-0.25, -0.2) is 9.07 Å². The number of hydrazone groups is 1. The Morgan fingerprint density at radius 1 is 1.38 bits per heavy atom. The molecule has 2 aromatic rings. The minimum absolute atomic E-state index is 0.0394. The number of rotatable bonds is 8. The van der Waals surface area contributed by atoms with Crippen LogP contribution in [0.5, 0.6) is 0 Å². The molecule has 8 heteroatoms. The minimum atomic E-state index is -0.589. The lowest BCUT2D eigenvalue weighted by atomic mass is 10.1. The first-order chi connectivity index (χ1) is 11.6. The zero-order chi connectivity index (χ0) is 17.5. The number of anilines is 1. The molecule has 1 aromatic carbocycles. The van der Waals surface area contributed by atoms with E-state index in [9.17, 15) is 14.0 Å². The number of carbonyl (C=O) groups is 2. The number of hydrogen-bond acceptors (Lipinski definition) is 6. The number of carbonyl (C=O) groups excluding carboxylic acids is 2. The molecule has 24 heavy (non-hydrogen) atoms. The first kappa shape index (κ1) is 17.5. The first-order valence-electron chi connectivity index (χ1n) is 7.25. The van der Waals surface area contributed by atoms with Gasteiger partial charge in [0.05, 0.1) is 11.4 Å². The number of hydrogen-bond donors (Lipinski definition) is 1. The molecule has 1 aromatic heterocycles. The molecule has 1 N–H and O–H groups in total. The number of halogens is 1. The van der Waals surface area contributed by atoms with Crippen molar-refractivity contribution in [3.63, 3.8) is 0 Å².